The highest BCUT2D eigenvalue weighted by Gasteiger charge is 2.31. The van der Waals surface area contributed by atoms with Gasteiger partial charge in [-0.2, -0.15) is 5.10 Å². The molecule has 0 aliphatic heterocycles. The summed E-state index contributed by atoms with van der Waals surface area (Å²) in [6.07, 6.45) is 8.25. The van der Waals surface area contributed by atoms with Gasteiger partial charge in [0.25, 0.3) is 5.91 Å². The highest BCUT2D eigenvalue weighted by atomic mass is 19.1. The molecule has 1 aliphatic carbocycles. The third-order valence-corrected chi connectivity index (χ3v) is 5.89. The van der Waals surface area contributed by atoms with Crippen LogP contribution in [0.5, 0.6) is 0 Å². The van der Waals surface area contributed by atoms with Crippen molar-refractivity contribution in [1.82, 2.24) is 19.7 Å². The molecule has 0 radical (unpaired) electrons. The number of nitrogens with two attached hydrogens (primary N) is 2. The molecule has 1 fully saturated rings. The zero-order chi connectivity index (χ0) is 22.1. The number of primary amides is 1. The number of hydrogen-bond acceptors (Lipinski definition) is 7. The van der Waals surface area contributed by atoms with Gasteiger partial charge in [-0.1, -0.05) is 6.42 Å². The first kappa shape index (κ1) is 21.0. The molecule has 164 valence electrons. The summed E-state index contributed by atoms with van der Waals surface area (Å²) in [7, 11) is 0. The van der Waals surface area contributed by atoms with Crippen molar-refractivity contribution in [3.05, 3.63) is 36.0 Å². The second kappa shape index (κ2) is 8.46. The predicted molar refractivity (Wildman–Crippen MR) is 118 cm³/mol. The van der Waals surface area contributed by atoms with Crippen LogP contribution in [0.15, 0.2) is 24.7 Å². The number of rotatable bonds is 8. The second-order valence-corrected chi connectivity index (χ2v) is 8.00. The number of carbonyl (C=O) groups excluding carboxylic acids is 1. The van der Waals surface area contributed by atoms with Gasteiger partial charge >= 0.3 is 0 Å². The van der Waals surface area contributed by atoms with Crippen LogP contribution >= 0.6 is 0 Å². The van der Waals surface area contributed by atoms with Crippen molar-refractivity contribution in [2.75, 3.05) is 10.6 Å². The van der Waals surface area contributed by atoms with Crippen molar-refractivity contribution in [2.24, 2.45) is 17.4 Å². The molecule has 1 saturated carbocycles. The molecule has 2 atom stereocenters. The zero-order valence-electron chi connectivity index (χ0n) is 17.6. The summed E-state index contributed by atoms with van der Waals surface area (Å²) < 4.78 is 16.6. The Labute approximate surface area is 179 Å². The molecule has 0 bridgehead atoms. The highest BCUT2D eigenvalue weighted by Crippen LogP contribution is 2.34. The first-order valence-corrected chi connectivity index (χ1v) is 10.5. The zero-order valence-corrected chi connectivity index (χ0v) is 17.6. The minimum absolute atomic E-state index is 0.0334. The number of anilines is 3. The number of carbonyl (C=O) groups is 1. The number of hydrogen-bond donors (Lipinski definition) is 4. The molecule has 3 heterocycles. The number of fused-ring (bicyclic) bond motifs is 1. The fraction of sp³-hybridized carbons (Fsp3) is 0.429. The Kier molecular flexibility index (Phi) is 5.73. The van der Waals surface area contributed by atoms with Crippen molar-refractivity contribution in [1.29, 1.82) is 0 Å². The van der Waals surface area contributed by atoms with E-state index in [0.29, 0.717) is 18.2 Å². The topological polar surface area (TPSA) is 137 Å². The van der Waals surface area contributed by atoms with Crippen LogP contribution in [0.2, 0.25) is 0 Å². The maximum atomic E-state index is 14.8. The molecule has 3 aromatic rings. The van der Waals surface area contributed by atoms with Crippen LogP contribution < -0.4 is 22.1 Å². The molecule has 4 rings (SSSR count). The Bertz CT molecular complexity index is 1110. The Morgan fingerprint density at radius 3 is 2.71 bits per heavy atom. The van der Waals surface area contributed by atoms with E-state index in [2.05, 4.69) is 25.7 Å². The smallest absolute Gasteiger partial charge is 0.252 e. The number of nitrogens with one attached hydrogen (secondary N) is 2. The third-order valence-electron chi connectivity index (χ3n) is 5.89. The molecule has 3 aromatic heterocycles. The first-order chi connectivity index (χ1) is 14.9. The van der Waals surface area contributed by atoms with Gasteiger partial charge in [0.2, 0.25) is 0 Å². The van der Waals surface area contributed by atoms with E-state index in [1.54, 1.807) is 23.3 Å². The lowest BCUT2D eigenvalue weighted by Crippen LogP contribution is -2.46. The molecule has 10 heteroatoms. The maximum Gasteiger partial charge on any atom is 0.252 e. The fourth-order valence-electron chi connectivity index (χ4n) is 3.98. The number of aryl methyl sites for hydroxylation is 1. The molecule has 1 amide bonds. The van der Waals surface area contributed by atoms with E-state index in [1.165, 1.54) is 0 Å². The predicted octanol–water partition coefficient (Wildman–Crippen LogP) is 2.76. The Hall–Kier alpha value is -3.27. The lowest BCUT2D eigenvalue weighted by molar-refractivity contribution is 0.100. The first-order valence-electron chi connectivity index (χ1n) is 10.5. The van der Waals surface area contributed by atoms with Crippen molar-refractivity contribution in [3.63, 3.8) is 0 Å². The van der Waals surface area contributed by atoms with Crippen molar-refractivity contribution in [2.45, 2.75) is 51.7 Å². The molecule has 6 N–H and O–H groups in total. The summed E-state index contributed by atoms with van der Waals surface area (Å²) in [5, 5.41) is 11.4. The number of nitrogens with zero attached hydrogens (tertiary/aromatic N) is 4. The lowest BCUT2D eigenvalue weighted by atomic mass is 9.77. The lowest BCUT2D eigenvalue weighted by Gasteiger charge is -2.37. The van der Waals surface area contributed by atoms with E-state index >= 15 is 0 Å². The largest absolute Gasteiger partial charge is 0.365 e. The molecule has 9 nitrogen and oxygen atoms in total. The van der Waals surface area contributed by atoms with Crippen LogP contribution in [0, 0.1) is 11.7 Å². The van der Waals surface area contributed by atoms with Crippen LogP contribution in [0.1, 0.15) is 43.5 Å². The second-order valence-electron chi connectivity index (χ2n) is 8.00. The number of halogens is 1. The molecule has 0 saturated heterocycles. The number of amides is 1. The monoisotopic (exact) mass is 426 g/mol. The van der Waals surface area contributed by atoms with Crippen molar-refractivity contribution < 1.29 is 9.18 Å². The van der Waals surface area contributed by atoms with Crippen LogP contribution in [-0.2, 0) is 6.54 Å². The van der Waals surface area contributed by atoms with Gasteiger partial charge in [0.05, 0.1) is 35.4 Å². The van der Waals surface area contributed by atoms with Gasteiger partial charge < -0.3 is 22.1 Å². The van der Waals surface area contributed by atoms with E-state index in [-0.39, 0.29) is 29.3 Å². The van der Waals surface area contributed by atoms with Gasteiger partial charge in [0, 0.05) is 24.0 Å². The van der Waals surface area contributed by atoms with Crippen LogP contribution in [0.25, 0.3) is 10.9 Å². The standard InChI is InChI=1S/C21H27FN8O/c1-3-30-17-10-25-9-16(14(17)8-26-30)27-20-13(19(24)31)7-15(22)21(29-20)28-18(11(2)23)12-5-4-6-12/h7-12,18H,3-6,23H2,1-2H3,(H2,24,31)(H2,27,28,29)/t11-,18-/m0/s1. The molecule has 0 spiro atoms. The highest BCUT2D eigenvalue weighted by molar-refractivity contribution is 6.00. The average Bonchev–Trinajstić information content (AvgIpc) is 3.12. The SMILES string of the molecule is CCn1ncc2c(Nc3nc(N[C@H](C4CCC4)[C@H](C)N)c(F)cc3C(N)=O)cncc21. The van der Waals surface area contributed by atoms with E-state index in [1.807, 2.05) is 13.8 Å². The maximum absolute atomic E-state index is 14.8. The summed E-state index contributed by atoms with van der Waals surface area (Å²) in [6.45, 7) is 4.56. The average molecular weight is 427 g/mol. The van der Waals surface area contributed by atoms with E-state index in [0.717, 1.165) is 36.2 Å². The van der Waals surface area contributed by atoms with Crippen molar-refractivity contribution >= 4 is 34.1 Å². The van der Waals surface area contributed by atoms with Gasteiger partial charge in [0.1, 0.15) is 5.82 Å². The Morgan fingerprint density at radius 1 is 1.32 bits per heavy atom. The summed E-state index contributed by atoms with van der Waals surface area (Å²) in [5.74, 6) is -0.892. The molecule has 0 unspecified atom stereocenters. The van der Waals surface area contributed by atoms with Gasteiger partial charge in [-0.15, -0.1) is 0 Å². The number of pyridine rings is 2. The van der Waals surface area contributed by atoms with Gasteiger partial charge in [-0.25, -0.2) is 9.37 Å². The quantitative estimate of drug-likeness (QED) is 0.435. The molecular formula is C21H27FN8O. The van der Waals surface area contributed by atoms with Gasteiger partial charge in [-0.05, 0) is 38.7 Å². The molecule has 1 aliphatic rings. The molecule has 31 heavy (non-hydrogen) atoms. The third kappa shape index (κ3) is 4.02. The van der Waals surface area contributed by atoms with Crippen LogP contribution in [0.3, 0.4) is 0 Å². The number of aromatic nitrogens is 4. The molecule has 0 aromatic carbocycles. The van der Waals surface area contributed by atoms with Gasteiger partial charge in [-0.3, -0.25) is 14.5 Å². The Balaban J connectivity index is 1.72. The Morgan fingerprint density at radius 2 is 2.10 bits per heavy atom. The van der Waals surface area contributed by atoms with Gasteiger partial charge in [0.15, 0.2) is 11.6 Å². The van der Waals surface area contributed by atoms with E-state index in [4.69, 9.17) is 11.5 Å². The normalized spacial score (nSPS) is 16.0. The van der Waals surface area contributed by atoms with Crippen molar-refractivity contribution in [3.8, 4) is 0 Å². The summed E-state index contributed by atoms with van der Waals surface area (Å²) >= 11 is 0. The molecular weight excluding hydrogens is 399 g/mol. The summed E-state index contributed by atoms with van der Waals surface area (Å²) in [6, 6.07) is 0.801. The summed E-state index contributed by atoms with van der Waals surface area (Å²) in [4.78, 5) is 20.6. The van der Waals surface area contributed by atoms with Crippen LogP contribution in [-0.4, -0.2) is 37.7 Å². The minimum atomic E-state index is -0.785. The van der Waals surface area contributed by atoms with E-state index in [9.17, 15) is 9.18 Å². The fourth-order valence-corrected chi connectivity index (χ4v) is 3.98. The minimum Gasteiger partial charge on any atom is -0.365 e. The van der Waals surface area contributed by atoms with Crippen LogP contribution in [0.4, 0.5) is 21.7 Å². The summed E-state index contributed by atoms with van der Waals surface area (Å²) in [5.41, 5.74) is 13.0. The van der Waals surface area contributed by atoms with E-state index < -0.39 is 11.7 Å².